The summed E-state index contributed by atoms with van der Waals surface area (Å²) in [6.07, 6.45) is 0.335. The molecule has 3 rings (SSSR count). The molecule has 0 unspecified atom stereocenters. The van der Waals surface area contributed by atoms with Crippen molar-refractivity contribution < 1.29 is 47.0 Å². The molecule has 35 heavy (non-hydrogen) atoms. The number of likely N-dealkylation sites (tertiary alicyclic amines) is 1. The number of nitrogens with one attached hydrogen (secondary N) is 1. The Morgan fingerprint density at radius 1 is 1.17 bits per heavy atom. The Kier molecular flexibility index (Phi) is 8.90. The number of esters is 1. The molecule has 0 spiro atoms. The topological polar surface area (TPSA) is 133 Å². The van der Waals surface area contributed by atoms with Gasteiger partial charge in [-0.1, -0.05) is 26.2 Å². The van der Waals surface area contributed by atoms with Crippen molar-refractivity contribution in [1.82, 2.24) is 15.1 Å². The summed E-state index contributed by atoms with van der Waals surface area (Å²) in [7, 11) is 4.48. The largest absolute Gasteiger partial charge is 0.490 e. The normalized spacial score (nSPS) is 28.8. The smallest absolute Gasteiger partial charge is 0.475 e. The third-order valence-corrected chi connectivity index (χ3v) is 7.13. The molecular weight excluding hydrogens is 475 g/mol. The molecule has 13 heteroatoms. The molecule has 0 aromatic carbocycles. The lowest BCUT2D eigenvalue weighted by Crippen LogP contribution is -2.58. The zero-order valence-corrected chi connectivity index (χ0v) is 20.2. The molecule has 0 aromatic heterocycles. The zero-order chi connectivity index (χ0) is 26.7. The van der Waals surface area contributed by atoms with Crippen molar-refractivity contribution in [3.63, 3.8) is 0 Å². The van der Waals surface area contributed by atoms with Crippen LogP contribution in [0.15, 0.2) is 0 Å². The number of ether oxygens (including phenoxy) is 1. The van der Waals surface area contributed by atoms with Crippen LogP contribution < -0.4 is 5.32 Å². The van der Waals surface area contributed by atoms with Crippen molar-refractivity contribution in [2.45, 2.75) is 63.2 Å². The zero-order valence-electron chi connectivity index (χ0n) is 20.2. The van der Waals surface area contributed by atoms with Gasteiger partial charge in [-0.05, 0) is 19.3 Å². The van der Waals surface area contributed by atoms with Crippen LogP contribution in [0.3, 0.4) is 0 Å². The maximum Gasteiger partial charge on any atom is 0.490 e. The monoisotopic (exact) mass is 507 g/mol. The van der Waals surface area contributed by atoms with Gasteiger partial charge in [0.1, 0.15) is 5.54 Å². The first kappa shape index (κ1) is 28.5. The van der Waals surface area contributed by atoms with E-state index in [0.29, 0.717) is 6.42 Å². The molecule has 1 saturated carbocycles. The van der Waals surface area contributed by atoms with Crippen LogP contribution in [0.5, 0.6) is 0 Å². The van der Waals surface area contributed by atoms with E-state index < -0.39 is 41.5 Å². The van der Waals surface area contributed by atoms with Gasteiger partial charge in [-0.2, -0.15) is 13.2 Å². The molecule has 1 aliphatic carbocycles. The minimum Gasteiger partial charge on any atom is -0.475 e. The van der Waals surface area contributed by atoms with E-state index in [1.807, 2.05) is 0 Å². The molecule has 0 bridgehead atoms. The first-order valence-corrected chi connectivity index (χ1v) is 11.5. The van der Waals surface area contributed by atoms with E-state index in [1.54, 1.807) is 18.9 Å². The summed E-state index contributed by atoms with van der Waals surface area (Å²) in [6.45, 7) is 2.08. The fraction of sp³-hybridized carbons (Fsp3) is 0.773. The number of nitrogens with zero attached hydrogens (tertiary/aromatic N) is 2. The number of likely N-dealkylation sites (N-methyl/N-ethyl adjacent to an activating group) is 1. The highest BCUT2D eigenvalue weighted by molar-refractivity contribution is 6.09. The van der Waals surface area contributed by atoms with Gasteiger partial charge >= 0.3 is 18.1 Å². The van der Waals surface area contributed by atoms with Gasteiger partial charge in [0.15, 0.2) is 0 Å². The minimum absolute atomic E-state index is 0.0241. The number of hydrogen-bond acceptors (Lipinski definition) is 7. The Labute approximate surface area is 201 Å². The summed E-state index contributed by atoms with van der Waals surface area (Å²) in [5.74, 6) is -5.32. The number of alkyl halides is 3. The summed E-state index contributed by atoms with van der Waals surface area (Å²) in [6, 6.07) is -0.469. The number of carbonyl (C=O) groups is 5. The lowest BCUT2D eigenvalue weighted by atomic mass is 9.78. The van der Waals surface area contributed by atoms with Crippen LogP contribution in [-0.4, -0.2) is 90.1 Å². The van der Waals surface area contributed by atoms with Gasteiger partial charge in [0, 0.05) is 32.6 Å². The van der Waals surface area contributed by atoms with Crippen LogP contribution in [0, 0.1) is 17.8 Å². The van der Waals surface area contributed by atoms with E-state index in [1.165, 1.54) is 20.6 Å². The minimum atomic E-state index is -5.08. The number of hydrogen-bond donors (Lipinski definition) is 2. The number of imide groups is 1. The molecule has 3 fully saturated rings. The molecule has 0 aromatic rings. The summed E-state index contributed by atoms with van der Waals surface area (Å²) in [4.78, 5) is 62.7. The molecule has 2 aliphatic heterocycles. The van der Waals surface area contributed by atoms with Crippen LogP contribution in [0.4, 0.5) is 13.2 Å². The Morgan fingerprint density at radius 2 is 1.71 bits per heavy atom. The Bertz CT molecular complexity index is 860. The van der Waals surface area contributed by atoms with Crippen LogP contribution >= 0.6 is 0 Å². The lowest BCUT2D eigenvalue weighted by Gasteiger charge is -2.32. The number of aliphatic carboxylic acids is 1. The van der Waals surface area contributed by atoms with E-state index in [4.69, 9.17) is 14.6 Å². The van der Waals surface area contributed by atoms with Gasteiger partial charge in [0.05, 0.1) is 18.9 Å². The quantitative estimate of drug-likeness (QED) is 0.419. The van der Waals surface area contributed by atoms with Gasteiger partial charge in [0.2, 0.25) is 17.7 Å². The molecule has 3 aliphatic rings. The number of carbonyl (C=O) groups excluding carboxylic acids is 4. The maximum atomic E-state index is 12.9. The summed E-state index contributed by atoms with van der Waals surface area (Å²) < 4.78 is 36.7. The molecular formula is C22H32F3N3O7. The molecule has 2 saturated heterocycles. The average Bonchev–Trinajstić information content (AvgIpc) is 3.27. The van der Waals surface area contributed by atoms with Gasteiger partial charge in [-0.15, -0.1) is 0 Å². The van der Waals surface area contributed by atoms with E-state index in [2.05, 4.69) is 5.32 Å². The summed E-state index contributed by atoms with van der Waals surface area (Å²) in [5, 5.41) is 10.4. The number of carboxylic acid groups (broad SMARTS) is 1. The highest BCUT2D eigenvalue weighted by Gasteiger charge is 2.67. The summed E-state index contributed by atoms with van der Waals surface area (Å²) >= 11 is 0. The van der Waals surface area contributed by atoms with Crippen molar-refractivity contribution in [2.75, 3.05) is 27.7 Å². The van der Waals surface area contributed by atoms with Crippen LogP contribution in [-0.2, 0) is 28.7 Å². The lowest BCUT2D eigenvalue weighted by molar-refractivity contribution is -0.192. The van der Waals surface area contributed by atoms with Gasteiger partial charge in [-0.3, -0.25) is 29.4 Å². The highest BCUT2D eigenvalue weighted by Crippen LogP contribution is 2.44. The van der Waals surface area contributed by atoms with Crippen molar-refractivity contribution in [3.8, 4) is 0 Å². The third-order valence-electron chi connectivity index (χ3n) is 7.13. The number of methoxy groups -OCH3 is 1. The van der Waals surface area contributed by atoms with E-state index in [9.17, 15) is 32.3 Å². The Morgan fingerprint density at radius 3 is 2.17 bits per heavy atom. The van der Waals surface area contributed by atoms with Crippen LogP contribution in [0.1, 0.15) is 45.4 Å². The number of fused-ring (bicyclic) bond motifs is 1. The van der Waals surface area contributed by atoms with E-state index in [-0.39, 0.29) is 30.2 Å². The van der Waals surface area contributed by atoms with Crippen molar-refractivity contribution in [1.29, 1.82) is 0 Å². The molecule has 2 N–H and O–H groups in total. The predicted octanol–water partition coefficient (Wildman–Crippen LogP) is 1.18. The summed E-state index contributed by atoms with van der Waals surface area (Å²) in [5.41, 5.74) is -1.24. The molecule has 10 nitrogen and oxygen atoms in total. The molecule has 0 radical (unpaired) electrons. The van der Waals surface area contributed by atoms with Crippen molar-refractivity contribution in [3.05, 3.63) is 0 Å². The maximum absolute atomic E-state index is 12.9. The van der Waals surface area contributed by atoms with E-state index >= 15 is 0 Å². The predicted molar refractivity (Wildman–Crippen MR) is 115 cm³/mol. The third kappa shape index (κ3) is 5.60. The van der Waals surface area contributed by atoms with Crippen LogP contribution in [0.2, 0.25) is 0 Å². The molecule has 2 heterocycles. The first-order valence-electron chi connectivity index (χ1n) is 11.5. The highest BCUT2D eigenvalue weighted by atomic mass is 19.4. The number of halogens is 3. The molecule has 198 valence electrons. The van der Waals surface area contributed by atoms with Crippen molar-refractivity contribution in [2.24, 2.45) is 17.8 Å². The SMILES string of the molecule is CC[C@@]1(C(=O)OC)N[C@H](CN(C)C(=O)C2CCCCC2)[C@@H]2C(=O)N(C)C(=O)[C@@H]21.O=C(O)C(F)(F)F. The van der Waals surface area contributed by atoms with Gasteiger partial charge in [-0.25, -0.2) is 4.79 Å². The van der Waals surface area contributed by atoms with Gasteiger partial charge < -0.3 is 14.7 Å². The Balaban J connectivity index is 0.000000540. The fourth-order valence-corrected chi connectivity index (χ4v) is 5.31. The first-order chi connectivity index (χ1) is 16.2. The van der Waals surface area contributed by atoms with E-state index in [0.717, 1.165) is 30.6 Å². The van der Waals surface area contributed by atoms with Gasteiger partial charge in [0.25, 0.3) is 0 Å². The second-order valence-electron chi connectivity index (χ2n) is 9.16. The molecule has 4 atom stereocenters. The fourth-order valence-electron chi connectivity index (χ4n) is 5.31. The van der Waals surface area contributed by atoms with Crippen molar-refractivity contribution >= 4 is 29.7 Å². The second kappa shape index (κ2) is 10.9. The number of rotatable bonds is 5. The average molecular weight is 508 g/mol. The standard InChI is InChI=1S/C20H31N3O5.C2HF3O2/c1-5-20(19(27)28-4)15-14(17(25)23(3)18(15)26)13(21-20)11-22(2)16(24)12-9-7-6-8-10-12;3-2(4,5)1(6)7/h12-15,21H,5-11H2,1-4H3;(H,6,7)/t13-,14+,15-,20-;/m1./s1. The number of amides is 3. The second-order valence-corrected chi connectivity index (χ2v) is 9.16. The Hall–Kier alpha value is -2.70. The number of carboxylic acids is 1. The molecule has 3 amide bonds. The van der Waals surface area contributed by atoms with Crippen LogP contribution in [0.25, 0.3) is 0 Å².